The van der Waals surface area contributed by atoms with E-state index in [1.165, 1.54) is 10.8 Å². The second-order valence-corrected chi connectivity index (χ2v) is 8.08. The van der Waals surface area contributed by atoms with Gasteiger partial charge in [0.25, 0.3) is 0 Å². The molecule has 31 heavy (non-hydrogen) atoms. The van der Waals surface area contributed by atoms with E-state index < -0.39 is 0 Å². The van der Waals surface area contributed by atoms with E-state index in [9.17, 15) is 4.79 Å². The molecule has 3 aromatic carbocycles. The number of piperidine rings is 1. The van der Waals surface area contributed by atoms with Crippen molar-refractivity contribution in [2.45, 2.75) is 18.8 Å². The molecule has 1 aliphatic rings. The summed E-state index contributed by atoms with van der Waals surface area (Å²) in [5, 5.41) is 10.3. The number of nitrogens with one attached hydrogen (secondary N) is 1. The van der Waals surface area contributed by atoms with Crippen LogP contribution in [-0.4, -0.2) is 34.1 Å². The van der Waals surface area contributed by atoms with Gasteiger partial charge in [-0.1, -0.05) is 72.8 Å². The second-order valence-electron chi connectivity index (χ2n) is 8.08. The standard InChI is InChI=1S/C27H25N3O/c31-27(14-13-20-7-2-1-3-8-20)30-17-15-22(16-18-30)25-19-26(29-28-25)24-12-6-10-21-9-4-5-11-23(21)24/h1-14,19,22H,15-18H2,(H,28,29). The summed E-state index contributed by atoms with van der Waals surface area (Å²) in [6, 6.07) is 26.9. The summed E-state index contributed by atoms with van der Waals surface area (Å²) in [6.45, 7) is 1.54. The number of hydrogen-bond donors (Lipinski definition) is 1. The number of aromatic nitrogens is 2. The fourth-order valence-corrected chi connectivity index (χ4v) is 4.38. The van der Waals surface area contributed by atoms with Gasteiger partial charge < -0.3 is 4.90 Å². The predicted octanol–water partition coefficient (Wildman–Crippen LogP) is 5.65. The van der Waals surface area contributed by atoms with Gasteiger partial charge in [0.2, 0.25) is 5.91 Å². The molecule has 0 radical (unpaired) electrons. The van der Waals surface area contributed by atoms with E-state index >= 15 is 0 Å². The molecule has 0 bridgehead atoms. The monoisotopic (exact) mass is 407 g/mol. The summed E-state index contributed by atoms with van der Waals surface area (Å²) in [5.41, 5.74) is 4.34. The van der Waals surface area contributed by atoms with Crippen LogP contribution in [0.4, 0.5) is 0 Å². The van der Waals surface area contributed by atoms with Crippen LogP contribution >= 0.6 is 0 Å². The predicted molar refractivity (Wildman–Crippen MR) is 126 cm³/mol. The van der Waals surface area contributed by atoms with Crippen molar-refractivity contribution in [3.63, 3.8) is 0 Å². The van der Waals surface area contributed by atoms with E-state index in [1.54, 1.807) is 6.08 Å². The molecule has 0 spiro atoms. The first kappa shape index (κ1) is 19.3. The van der Waals surface area contributed by atoms with Crippen molar-refractivity contribution in [3.8, 4) is 11.3 Å². The molecule has 154 valence electrons. The summed E-state index contributed by atoms with van der Waals surface area (Å²) >= 11 is 0. The van der Waals surface area contributed by atoms with Crippen molar-refractivity contribution in [2.75, 3.05) is 13.1 Å². The SMILES string of the molecule is O=C(C=Cc1ccccc1)N1CCC(c2cc(-c3cccc4ccccc34)n[nH]2)CC1. The molecule has 0 unspecified atom stereocenters. The molecule has 0 aliphatic carbocycles. The van der Waals surface area contributed by atoms with Crippen LogP contribution in [0.15, 0.2) is 84.9 Å². The molecule has 4 aromatic rings. The minimum absolute atomic E-state index is 0.0864. The summed E-state index contributed by atoms with van der Waals surface area (Å²) in [5.74, 6) is 0.488. The first-order valence-corrected chi connectivity index (χ1v) is 10.8. The Balaban J connectivity index is 1.25. The van der Waals surface area contributed by atoms with E-state index in [4.69, 9.17) is 0 Å². The van der Waals surface area contributed by atoms with Gasteiger partial charge in [-0.25, -0.2) is 0 Å². The third-order valence-corrected chi connectivity index (χ3v) is 6.13. The summed E-state index contributed by atoms with van der Waals surface area (Å²) < 4.78 is 0. The molecule has 1 amide bonds. The van der Waals surface area contributed by atoms with Crippen molar-refractivity contribution >= 4 is 22.8 Å². The lowest BCUT2D eigenvalue weighted by Gasteiger charge is -2.30. The van der Waals surface area contributed by atoms with Crippen molar-refractivity contribution in [2.24, 2.45) is 0 Å². The Morgan fingerprint density at radius 1 is 0.935 bits per heavy atom. The van der Waals surface area contributed by atoms with Crippen LogP contribution in [0.2, 0.25) is 0 Å². The number of amides is 1. The Labute approximate surface area is 182 Å². The number of aromatic amines is 1. The fraction of sp³-hybridized carbons (Fsp3) is 0.185. The second kappa shape index (κ2) is 8.60. The lowest BCUT2D eigenvalue weighted by molar-refractivity contribution is -0.126. The minimum atomic E-state index is 0.0864. The maximum absolute atomic E-state index is 12.5. The molecule has 0 atom stereocenters. The fourth-order valence-electron chi connectivity index (χ4n) is 4.38. The number of benzene rings is 3. The topological polar surface area (TPSA) is 49.0 Å². The van der Waals surface area contributed by atoms with Crippen molar-refractivity contribution in [1.29, 1.82) is 0 Å². The number of hydrogen-bond acceptors (Lipinski definition) is 2. The largest absolute Gasteiger partial charge is 0.339 e. The highest BCUT2D eigenvalue weighted by Gasteiger charge is 2.24. The van der Waals surface area contributed by atoms with Gasteiger partial charge in [-0.3, -0.25) is 9.89 Å². The van der Waals surface area contributed by atoms with E-state index in [0.717, 1.165) is 48.4 Å². The lowest BCUT2D eigenvalue weighted by Crippen LogP contribution is -2.36. The molecule has 2 heterocycles. The van der Waals surface area contributed by atoms with Gasteiger partial charge >= 0.3 is 0 Å². The van der Waals surface area contributed by atoms with E-state index in [-0.39, 0.29) is 5.91 Å². The highest BCUT2D eigenvalue weighted by molar-refractivity contribution is 5.95. The number of fused-ring (bicyclic) bond motifs is 1. The lowest BCUT2D eigenvalue weighted by atomic mass is 9.92. The first-order valence-electron chi connectivity index (χ1n) is 10.8. The molecular formula is C27H25N3O. The van der Waals surface area contributed by atoms with Crippen molar-refractivity contribution < 1.29 is 4.79 Å². The van der Waals surface area contributed by atoms with Crippen LogP contribution in [0.25, 0.3) is 28.1 Å². The quantitative estimate of drug-likeness (QED) is 0.445. The first-order chi connectivity index (χ1) is 15.3. The molecule has 5 rings (SSSR count). The molecule has 1 saturated heterocycles. The van der Waals surface area contributed by atoms with Crippen LogP contribution in [-0.2, 0) is 4.79 Å². The Hall–Kier alpha value is -3.66. The number of carbonyl (C=O) groups is 1. The van der Waals surface area contributed by atoms with Gasteiger partial charge in [0.15, 0.2) is 0 Å². The zero-order chi connectivity index (χ0) is 21.0. The van der Waals surface area contributed by atoms with Crippen molar-refractivity contribution in [3.05, 3.63) is 96.2 Å². The van der Waals surface area contributed by atoms with Gasteiger partial charge in [-0.2, -0.15) is 5.10 Å². The normalized spacial score (nSPS) is 15.0. The smallest absolute Gasteiger partial charge is 0.246 e. The maximum atomic E-state index is 12.5. The maximum Gasteiger partial charge on any atom is 0.246 e. The number of nitrogens with zero attached hydrogens (tertiary/aromatic N) is 2. The number of likely N-dealkylation sites (tertiary alicyclic amines) is 1. The molecule has 1 aliphatic heterocycles. The summed E-state index contributed by atoms with van der Waals surface area (Å²) in [4.78, 5) is 14.5. The van der Waals surface area contributed by atoms with Gasteiger partial charge in [-0.15, -0.1) is 0 Å². The highest BCUT2D eigenvalue weighted by atomic mass is 16.2. The van der Waals surface area contributed by atoms with Gasteiger partial charge in [0.05, 0.1) is 5.69 Å². The zero-order valence-electron chi connectivity index (χ0n) is 17.4. The van der Waals surface area contributed by atoms with Crippen molar-refractivity contribution in [1.82, 2.24) is 15.1 Å². The van der Waals surface area contributed by atoms with Gasteiger partial charge in [-0.05, 0) is 41.3 Å². The van der Waals surface area contributed by atoms with E-state index in [1.807, 2.05) is 41.3 Å². The minimum Gasteiger partial charge on any atom is -0.339 e. The Bertz CT molecular complexity index is 1210. The Morgan fingerprint density at radius 2 is 1.68 bits per heavy atom. The van der Waals surface area contributed by atoms with Gasteiger partial charge in [0.1, 0.15) is 0 Å². The Kier molecular flexibility index (Phi) is 5.36. The average Bonchev–Trinajstić information content (AvgIpc) is 3.33. The molecule has 1 aromatic heterocycles. The van der Waals surface area contributed by atoms with E-state index in [0.29, 0.717) is 5.92 Å². The van der Waals surface area contributed by atoms with Crippen LogP contribution in [0.5, 0.6) is 0 Å². The Morgan fingerprint density at radius 3 is 2.52 bits per heavy atom. The number of carbonyl (C=O) groups excluding carboxylic acids is 1. The van der Waals surface area contributed by atoms with Gasteiger partial charge in [0, 0.05) is 36.3 Å². The van der Waals surface area contributed by atoms with E-state index in [2.05, 4.69) is 58.7 Å². The van der Waals surface area contributed by atoms with Crippen LogP contribution in [0, 0.1) is 0 Å². The zero-order valence-corrected chi connectivity index (χ0v) is 17.4. The molecule has 1 fully saturated rings. The summed E-state index contributed by atoms with van der Waals surface area (Å²) in [6.07, 6.45) is 5.47. The molecule has 1 N–H and O–H groups in total. The molecule has 4 heteroatoms. The van der Waals surface area contributed by atoms with Crippen LogP contribution in [0.1, 0.15) is 30.0 Å². The number of rotatable bonds is 4. The average molecular weight is 408 g/mol. The molecule has 0 saturated carbocycles. The number of H-pyrrole nitrogens is 1. The summed E-state index contributed by atoms with van der Waals surface area (Å²) in [7, 11) is 0. The third-order valence-electron chi connectivity index (χ3n) is 6.13. The highest BCUT2D eigenvalue weighted by Crippen LogP contribution is 2.32. The van der Waals surface area contributed by atoms with Crippen LogP contribution in [0.3, 0.4) is 0 Å². The third kappa shape index (κ3) is 4.15. The molecular weight excluding hydrogens is 382 g/mol. The van der Waals surface area contributed by atoms with Crippen LogP contribution < -0.4 is 0 Å². The molecule has 4 nitrogen and oxygen atoms in total.